The van der Waals surface area contributed by atoms with Crippen molar-refractivity contribution in [3.8, 4) is 0 Å². The van der Waals surface area contributed by atoms with Gasteiger partial charge in [0.1, 0.15) is 0 Å². The van der Waals surface area contributed by atoms with Crippen molar-refractivity contribution in [1.82, 2.24) is 13.4 Å². The van der Waals surface area contributed by atoms with Crippen molar-refractivity contribution in [3.63, 3.8) is 0 Å². The molecule has 3 nitrogen and oxygen atoms in total. The number of thiazole rings is 1. The molecule has 0 saturated carbocycles. The number of aromatic nitrogens is 1. The summed E-state index contributed by atoms with van der Waals surface area (Å²) in [5, 5.41) is 6.65. The first-order valence-electron chi connectivity index (χ1n) is 5.10. The van der Waals surface area contributed by atoms with E-state index in [1.807, 2.05) is 0 Å². The van der Waals surface area contributed by atoms with Gasteiger partial charge in [-0.1, -0.05) is 6.92 Å². The number of hydrogen-bond acceptors (Lipinski definition) is 4. The highest BCUT2D eigenvalue weighted by Gasteiger charge is 2.33. The highest BCUT2D eigenvalue weighted by molar-refractivity contribution is 14.1. The third kappa shape index (κ3) is 3.12. The minimum absolute atomic E-state index is 0.465. The molecule has 0 aromatic carbocycles. The van der Waals surface area contributed by atoms with E-state index < -0.39 is 0 Å². The minimum atomic E-state index is 0.465. The maximum Gasteiger partial charge on any atom is 0.0897 e. The lowest BCUT2D eigenvalue weighted by Crippen LogP contribution is -2.55. The molecule has 1 aromatic heterocycles. The van der Waals surface area contributed by atoms with E-state index in [-0.39, 0.29) is 0 Å². The van der Waals surface area contributed by atoms with Gasteiger partial charge in [0.2, 0.25) is 0 Å². The van der Waals surface area contributed by atoms with E-state index in [9.17, 15) is 0 Å². The van der Waals surface area contributed by atoms with Gasteiger partial charge in [0.15, 0.2) is 0 Å². The Morgan fingerprint density at radius 2 is 2.40 bits per heavy atom. The second kappa shape index (κ2) is 4.65. The Bertz CT molecular complexity index is 335. The van der Waals surface area contributed by atoms with Gasteiger partial charge in [-0.3, -0.25) is 0 Å². The molecular formula is C10H16IN3S. The zero-order valence-electron chi connectivity index (χ0n) is 9.09. The lowest BCUT2D eigenvalue weighted by atomic mass is 9.84. The van der Waals surface area contributed by atoms with Crippen molar-refractivity contribution in [3.05, 3.63) is 16.1 Å². The number of nitrogens with one attached hydrogen (secondary N) is 1. The van der Waals surface area contributed by atoms with Crippen LogP contribution in [0.4, 0.5) is 0 Å². The van der Waals surface area contributed by atoms with E-state index >= 15 is 0 Å². The third-order valence-electron chi connectivity index (χ3n) is 2.66. The lowest BCUT2D eigenvalue weighted by Gasteiger charge is -2.41. The van der Waals surface area contributed by atoms with Crippen LogP contribution in [0.5, 0.6) is 0 Å². The van der Waals surface area contributed by atoms with Crippen LogP contribution in [0.15, 0.2) is 5.38 Å². The summed E-state index contributed by atoms with van der Waals surface area (Å²) in [7, 11) is 0. The molecule has 1 saturated heterocycles. The summed E-state index contributed by atoms with van der Waals surface area (Å²) in [4.78, 5) is 4.48. The first kappa shape index (κ1) is 11.8. The summed E-state index contributed by atoms with van der Waals surface area (Å²) < 4.78 is 2.34. The van der Waals surface area contributed by atoms with Crippen LogP contribution in [0.25, 0.3) is 0 Å². The molecule has 84 valence electrons. The Kier molecular flexibility index (Phi) is 3.64. The molecule has 0 bridgehead atoms. The average molecular weight is 337 g/mol. The van der Waals surface area contributed by atoms with Gasteiger partial charge in [-0.25, -0.2) is 8.10 Å². The largest absolute Gasteiger partial charge is 0.315 e. The van der Waals surface area contributed by atoms with Gasteiger partial charge in [0.25, 0.3) is 0 Å². The molecule has 15 heavy (non-hydrogen) atoms. The Labute approximate surface area is 109 Å². The first-order valence-corrected chi connectivity index (χ1v) is 6.94. The number of rotatable bonds is 4. The van der Waals surface area contributed by atoms with Gasteiger partial charge in [-0.05, 0) is 6.92 Å². The van der Waals surface area contributed by atoms with Gasteiger partial charge >= 0.3 is 0 Å². The zero-order chi connectivity index (χ0) is 10.9. The van der Waals surface area contributed by atoms with Gasteiger partial charge < -0.3 is 5.32 Å². The Balaban J connectivity index is 1.84. The lowest BCUT2D eigenvalue weighted by molar-refractivity contribution is 0.162. The van der Waals surface area contributed by atoms with Crippen molar-refractivity contribution >= 4 is 34.2 Å². The van der Waals surface area contributed by atoms with Crippen LogP contribution < -0.4 is 5.32 Å². The Hall–Kier alpha value is 0.280. The normalized spacial score (nSPS) is 19.2. The second-order valence-corrected chi connectivity index (χ2v) is 6.98. The van der Waals surface area contributed by atoms with Gasteiger partial charge in [-0.15, -0.1) is 11.3 Å². The summed E-state index contributed by atoms with van der Waals surface area (Å²) in [6.45, 7) is 8.77. The third-order valence-corrected chi connectivity index (χ3v) is 4.16. The quantitative estimate of drug-likeness (QED) is 0.675. The molecular weight excluding hydrogens is 321 g/mol. The average Bonchev–Trinajstić information content (AvgIpc) is 2.48. The van der Waals surface area contributed by atoms with Crippen LogP contribution in [0, 0.1) is 12.3 Å². The number of aryl methyl sites for hydroxylation is 1. The molecule has 1 N–H and O–H groups in total. The summed E-state index contributed by atoms with van der Waals surface area (Å²) in [6, 6.07) is 0. The van der Waals surface area contributed by atoms with Crippen LogP contribution in [0.3, 0.4) is 0 Å². The van der Waals surface area contributed by atoms with Crippen LogP contribution in [-0.2, 0) is 6.54 Å². The predicted molar refractivity (Wildman–Crippen MR) is 72.3 cm³/mol. The molecule has 0 atom stereocenters. The van der Waals surface area contributed by atoms with E-state index in [4.69, 9.17) is 0 Å². The van der Waals surface area contributed by atoms with Crippen molar-refractivity contribution in [2.45, 2.75) is 20.4 Å². The first-order chi connectivity index (χ1) is 7.07. The van der Waals surface area contributed by atoms with E-state index in [1.54, 1.807) is 11.3 Å². The smallest absolute Gasteiger partial charge is 0.0897 e. The van der Waals surface area contributed by atoms with Crippen molar-refractivity contribution in [2.75, 3.05) is 19.6 Å². The van der Waals surface area contributed by atoms with E-state index in [1.165, 1.54) is 5.69 Å². The molecule has 1 aliphatic rings. The standard InChI is InChI=1S/C10H16IN3S/c1-8-13-9(4-15-8)3-14(11)7-10(2)5-12-6-10/h4,12H,3,5-7H2,1-2H3. The number of hydrogen-bond donors (Lipinski definition) is 1. The fourth-order valence-corrected chi connectivity index (χ4v) is 3.57. The topological polar surface area (TPSA) is 28.2 Å². The fraction of sp³-hybridized carbons (Fsp3) is 0.700. The van der Waals surface area contributed by atoms with Crippen molar-refractivity contribution in [2.24, 2.45) is 5.41 Å². The van der Waals surface area contributed by atoms with Crippen LogP contribution in [0.1, 0.15) is 17.6 Å². The second-order valence-electron chi connectivity index (χ2n) is 4.55. The Morgan fingerprint density at radius 3 is 2.87 bits per heavy atom. The maximum absolute atomic E-state index is 4.48. The summed E-state index contributed by atoms with van der Waals surface area (Å²) in [5.41, 5.74) is 1.66. The van der Waals surface area contributed by atoms with E-state index in [2.05, 4.69) is 55.5 Å². The monoisotopic (exact) mass is 337 g/mol. The highest BCUT2D eigenvalue weighted by Crippen LogP contribution is 2.25. The van der Waals surface area contributed by atoms with E-state index in [0.717, 1.165) is 31.2 Å². The molecule has 0 unspecified atom stereocenters. The molecule has 0 spiro atoms. The number of nitrogens with zero attached hydrogens (tertiary/aromatic N) is 2. The highest BCUT2D eigenvalue weighted by atomic mass is 127. The molecule has 2 heterocycles. The molecule has 1 aromatic rings. The molecule has 5 heteroatoms. The minimum Gasteiger partial charge on any atom is -0.315 e. The molecule has 1 fully saturated rings. The zero-order valence-corrected chi connectivity index (χ0v) is 12.1. The van der Waals surface area contributed by atoms with Gasteiger partial charge in [0.05, 0.1) is 17.2 Å². The predicted octanol–water partition coefficient (Wildman–Crippen LogP) is 2.21. The molecule has 0 radical (unpaired) electrons. The molecule has 2 rings (SSSR count). The van der Waals surface area contributed by atoms with Crippen LogP contribution in [0.2, 0.25) is 0 Å². The fourth-order valence-electron chi connectivity index (χ4n) is 1.79. The molecule has 0 aliphatic carbocycles. The summed E-state index contributed by atoms with van der Waals surface area (Å²) >= 11 is 4.14. The van der Waals surface area contributed by atoms with Crippen molar-refractivity contribution in [1.29, 1.82) is 0 Å². The number of halogens is 1. The Morgan fingerprint density at radius 1 is 1.67 bits per heavy atom. The van der Waals surface area contributed by atoms with Crippen molar-refractivity contribution < 1.29 is 0 Å². The summed E-state index contributed by atoms with van der Waals surface area (Å²) in [5.74, 6) is 0. The van der Waals surface area contributed by atoms with E-state index in [0.29, 0.717) is 5.41 Å². The maximum atomic E-state index is 4.48. The van der Waals surface area contributed by atoms with Crippen LogP contribution in [-0.4, -0.2) is 27.7 Å². The summed E-state index contributed by atoms with van der Waals surface area (Å²) in [6.07, 6.45) is 0. The van der Waals surface area contributed by atoms with Gasteiger partial charge in [-0.2, -0.15) is 0 Å². The molecule has 0 amide bonds. The van der Waals surface area contributed by atoms with Gasteiger partial charge in [0, 0.05) is 53.3 Å². The molecule has 1 aliphatic heterocycles. The SMILES string of the molecule is Cc1nc(CN(I)CC2(C)CNC2)cs1. The van der Waals surface area contributed by atoms with Crippen LogP contribution >= 0.6 is 34.2 Å².